The number of halogens is 3. The van der Waals surface area contributed by atoms with Crippen LogP contribution in [0.25, 0.3) is 0 Å². The van der Waals surface area contributed by atoms with Crippen LogP contribution in [0.1, 0.15) is 5.56 Å². The molecule has 0 heterocycles. The van der Waals surface area contributed by atoms with Crippen molar-refractivity contribution in [2.24, 2.45) is 0 Å². The molecule has 16 heavy (non-hydrogen) atoms. The van der Waals surface area contributed by atoms with E-state index >= 15 is 0 Å². The summed E-state index contributed by atoms with van der Waals surface area (Å²) in [6.07, 6.45) is 0. The monoisotopic (exact) mass is 250 g/mol. The Morgan fingerprint density at radius 2 is 2.00 bits per heavy atom. The van der Waals surface area contributed by atoms with Crippen molar-refractivity contribution < 1.29 is 23.0 Å². The molecule has 0 aliphatic rings. The molecule has 0 aromatic heterocycles. The molecule has 0 N–H and O–H groups in total. The summed E-state index contributed by atoms with van der Waals surface area (Å²) in [4.78, 5) is 10.9. The second-order valence-electron chi connectivity index (χ2n) is 2.92. The van der Waals surface area contributed by atoms with Crippen molar-refractivity contribution in [1.29, 1.82) is 0 Å². The molecule has 0 atom stereocenters. The maximum atomic E-state index is 13.4. The summed E-state index contributed by atoms with van der Waals surface area (Å²) in [7, 11) is 2.25. The van der Waals surface area contributed by atoms with E-state index in [1.807, 2.05) is 0 Å². The van der Waals surface area contributed by atoms with Gasteiger partial charge in [-0.3, -0.25) is 0 Å². The molecule has 1 aromatic carbocycles. The van der Waals surface area contributed by atoms with Gasteiger partial charge in [-0.15, -0.1) is 0 Å². The number of carbonyl (C=O) groups excluding carboxylic acids is 1. The van der Waals surface area contributed by atoms with E-state index in [1.54, 1.807) is 0 Å². The average molecular weight is 251 g/mol. The van der Waals surface area contributed by atoms with Gasteiger partial charge in [0.2, 0.25) is 0 Å². The van der Waals surface area contributed by atoms with E-state index in [-0.39, 0.29) is 10.8 Å². The molecule has 1 rings (SSSR count). The van der Waals surface area contributed by atoms with Crippen molar-refractivity contribution in [2.75, 3.05) is 14.2 Å². The molecule has 0 saturated heterocycles. The van der Waals surface area contributed by atoms with E-state index in [0.29, 0.717) is 0 Å². The summed E-state index contributed by atoms with van der Waals surface area (Å²) >= 11 is 5.67. The highest BCUT2D eigenvalue weighted by Gasteiger charge is 2.42. The minimum Gasteiger partial charge on any atom is -0.495 e. The molecule has 0 aliphatic carbocycles. The fraction of sp³-hybridized carbons (Fsp3) is 0.300. The second-order valence-corrected chi connectivity index (χ2v) is 3.32. The first-order valence-corrected chi connectivity index (χ1v) is 4.61. The van der Waals surface area contributed by atoms with Gasteiger partial charge in [0.15, 0.2) is 0 Å². The average Bonchev–Trinajstić information content (AvgIpc) is 2.27. The molecule has 3 nitrogen and oxygen atoms in total. The number of methoxy groups -OCH3 is 2. The first kappa shape index (κ1) is 12.7. The Labute approximate surface area is 95.9 Å². The maximum absolute atomic E-state index is 13.4. The number of esters is 1. The molecular weight excluding hydrogens is 242 g/mol. The number of rotatable bonds is 3. The summed E-state index contributed by atoms with van der Waals surface area (Å²) < 4.78 is 35.6. The van der Waals surface area contributed by atoms with Gasteiger partial charge in [0, 0.05) is 5.56 Å². The zero-order valence-electron chi connectivity index (χ0n) is 8.59. The molecule has 0 aliphatic heterocycles. The van der Waals surface area contributed by atoms with Crippen LogP contribution in [0, 0.1) is 0 Å². The predicted molar refractivity (Wildman–Crippen MR) is 53.9 cm³/mol. The number of benzene rings is 1. The number of ether oxygens (including phenoxy) is 2. The molecule has 0 saturated carbocycles. The highest BCUT2D eigenvalue weighted by atomic mass is 35.5. The summed E-state index contributed by atoms with van der Waals surface area (Å²) in [5, 5.41) is 0.00331. The summed E-state index contributed by atoms with van der Waals surface area (Å²) in [5.41, 5.74) is -0.537. The lowest BCUT2D eigenvalue weighted by atomic mass is 10.1. The van der Waals surface area contributed by atoms with Crippen molar-refractivity contribution in [3.05, 3.63) is 28.8 Å². The molecule has 0 unspecified atom stereocenters. The van der Waals surface area contributed by atoms with Crippen LogP contribution in [0.3, 0.4) is 0 Å². The number of hydrogen-bond acceptors (Lipinski definition) is 3. The van der Waals surface area contributed by atoms with E-state index in [0.717, 1.165) is 19.2 Å². The highest BCUT2D eigenvalue weighted by molar-refractivity contribution is 6.32. The van der Waals surface area contributed by atoms with Crippen molar-refractivity contribution in [3.8, 4) is 5.75 Å². The molecule has 0 spiro atoms. The Kier molecular flexibility index (Phi) is 3.70. The van der Waals surface area contributed by atoms with E-state index < -0.39 is 17.5 Å². The zero-order chi connectivity index (χ0) is 12.3. The van der Waals surface area contributed by atoms with Gasteiger partial charge < -0.3 is 9.47 Å². The minimum atomic E-state index is -3.72. The van der Waals surface area contributed by atoms with Crippen molar-refractivity contribution in [3.63, 3.8) is 0 Å². The van der Waals surface area contributed by atoms with E-state index in [1.165, 1.54) is 13.2 Å². The minimum absolute atomic E-state index is 0.00331. The van der Waals surface area contributed by atoms with E-state index in [2.05, 4.69) is 4.74 Å². The largest absolute Gasteiger partial charge is 0.495 e. The van der Waals surface area contributed by atoms with Crippen molar-refractivity contribution in [2.45, 2.75) is 5.92 Å². The normalized spacial score (nSPS) is 11.1. The van der Waals surface area contributed by atoms with Crippen LogP contribution in [-0.2, 0) is 15.5 Å². The fourth-order valence-electron chi connectivity index (χ4n) is 1.11. The van der Waals surface area contributed by atoms with Crippen molar-refractivity contribution in [1.82, 2.24) is 0 Å². The molecule has 0 fully saturated rings. The predicted octanol–water partition coefficient (Wildman–Crippen LogP) is 2.61. The van der Waals surface area contributed by atoms with Gasteiger partial charge in [-0.2, -0.15) is 8.78 Å². The third kappa shape index (κ3) is 2.24. The van der Waals surface area contributed by atoms with Gasteiger partial charge in [0.05, 0.1) is 19.2 Å². The van der Waals surface area contributed by atoms with Crippen LogP contribution in [0.15, 0.2) is 18.2 Å². The first-order chi connectivity index (χ1) is 7.43. The van der Waals surface area contributed by atoms with E-state index in [4.69, 9.17) is 16.3 Å². The number of alkyl halides is 2. The van der Waals surface area contributed by atoms with Crippen molar-refractivity contribution >= 4 is 17.6 Å². The number of hydrogen-bond donors (Lipinski definition) is 0. The van der Waals surface area contributed by atoms with Crippen LogP contribution in [0.4, 0.5) is 8.78 Å². The third-order valence-electron chi connectivity index (χ3n) is 1.96. The quantitative estimate of drug-likeness (QED) is 0.774. The smallest absolute Gasteiger partial charge is 0.381 e. The van der Waals surface area contributed by atoms with Crippen LogP contribution >= 0.6 is 11.6 Å². The summed E-state index contributed by atoms with van der Waals surface area (Å²) in [5.74, 6) is -5.09. The summed E-state index contributed by atoms with van der Waals surface area (Å²) in [6.45, 7) is 0. The fourth-order valence-corrected chi connectivity index (χ4v) is 1.37. The van der Waals surface area contributed by atoms with Crippen LogP contribution < -0.4 is 4.74 Å². The second kappa shape index (κ2) is 4.65. The van der Waals surface area contributed by atoms with Crippen LogP contribution in [-0.4, -0.2) is 20.2 Å². The van der Waals surface area contributed by atoms with Crippen LogP contribution in [0.5, 0.6) is 5.75 Å². The Bertz CT molecular complexity index is 407. The van der Waals surface area contributed by atoms with Gasteiger partial charge in [-0.25, -0.2) is 4.79 Å². The van der Waals surface area contributed by atoms with Gasteiger partial charge >= 0.3 is 11.9 Å². The standard InChI is InChI=1S/C10H9ClF2O3/c1-15-8-4-3-6(5-7(8)11)10(12,13)9(14)16-2/h3-5H,1-2H3. The lowest BCUT2D eigenvalue weighted by Crippen LogP contribution is -2.27. The third-order valence-corrected chi connectivity index (χ3v) is 2.25. The van der Waals surface area contributed by atoms with E-state index in [9.17, 15) is 13.6 Å². The van der Waals surface area contributed by atoms with Gasteiger partial charge in [-0.1, -0.05) is 11.6 Å². The Hall–Kier alpha value is -1.36. The topological polar surface area (TPSA) is 35.5 Å². The Balaban J connectivity index is 3.14. The Morgan fingerprint density at radius 1 is 1.38 bits per heavy atom. The van der Waals surface area contributed by atoms with Gasteiger partial charge in [0.25, 0.3) is 0 Å². The van der Waals surface area contributed by atoms with Crippen LogP contribution in [0.2, 0.25) is 5.02 Å². The molecule has 1 aromatic rings. The highest BCUT2D eigenvalue weighted by Crippen LogP contribution is 2.34. The molecular formula is C10H9ClF2O3. The maximum Gasteiger partial charge on any atom is 0.381 e. The molecule has 0 radical (unpaired) electrons. The lowest BCUT2D eigenvalue weighted by Gasteiger charge is -2.14. The number of carbonyl (C=O) groups is 1. The SMILES string of the molecule is COC(=O)C(F)(F)c1ccc(OC)c(Cl)c1. The lowest BCUT2D eigenvalue weighted by molar-refractivity contribution is -0.170. The molecule has 0 amide bonds. The molecule has 88 valence electrons. The molecule has 0 bridgehead atoms. The first-order valence-electron chi connectivity index (χ1n) is 4.23. The van der Waals surface area contributed by atoms with Gasteiger partial charge in [-0.05, 0) is 18.2 Å². The zero-order valence-corrected chi connectivity index (χ0v) is 9.35. The van der Waals surface area contributed by atoms with Gasteiger partial charge in [0.1, 0.15) is 5.75 Å². The summed E-state index contributed by atoms with van der Waals surface area (Å²) in [6, 6.07) is 3.29. The molecule has 6 heteroatoms. The Morgan fingerprint density at radius 3 is 2.44 bits per heavy atom.